The summed E-state index contributed by atoms with van der Waals surface area (Å²) in [5.74, 6) is -0.965. The molecule has 0 aliphatic heterocycles. The summed E-state index contributed by atoms with van der Waals surface area (Å²) in [6.45, 7) is 0. The van der Waals surface area contributed by atoms with Crippen LogP contribution < -0.4 is 0 Å². The van der Waals surface area contributed by atoms with Gasteiger partial charge < -0.3 is 10.2 Å². The van der Waals surface area contributed by atoms with Crippen molar-refractivity contribution in [1.29, 1.82) is 0 Å². The minimum Gasteiger partial charge on any atom is -0.508 e. The molecule has 0 aliphatic carbocycles. The molecule has 29 heavy (non-hydrogen) atoms. The lowest BCUT2D eigenvalue weighted by Crippen LogP contribution is -2.39. The third kappa shape index (κ3) is 3.44. The average molecular weight is 494 g/mol. The van der Waals surface area contributed by atoms with Crippen molar-refractivity contribution in [2.75, 3.05) is 0 Å². The molecule has 0 amide bonds. The highest BCUT2D eigenvalue weighted by Crippen LogP contribution is 2.55. The number of phenolic OH excluding ortho intramolecular Hbond substituents is 2. The van der Waals surface area contributed by atoms with Gasteiger partial charge in [-0.2, -0.15) is 8.42 Å². The van der Waals surface area contributed by atoms with Gasteiger partial charge in [0.05, 0.1) is 10.0 Å². The summed E-state index contributed by atoms with van der Waals surface area (Å²) in [7, 11) is -5.16. The predicted molar refractivity (Wildman–Crippen MR) is 114 cm³/mol. The highest BCUT2D eigenvalue weighted by molar-refractivity contribution is 7.87. The molecule has 3 aromatic rings. The van der Waals surface area contributed by atoms with Gasteiger partial charge in [-0.1, -0.05) is 82.8 Å². The smallest absolute Gasteiger partial charge is 0.283 e. The molecule has 1 unspecified atom stereocenters. The maximum Gasteiger partial charge on any atom is 0.283 e. The van der Waals surface area contributed by atoms with Gasteiger partial charge in [-0.15, -0.1) is 0 Å². The lowest BCUT2D eigenvalue weighted by atomic mass is 9.83. The molecule has 5 nitrogen and oxygen atoms in total. The fourth-order valence-corrected chi connectivity index (χ4v) is 5.94. The first-order valence-electron chi connectivity index (χ1n) is 7.91. The third-order valence-electron chi connectivity index (χ3n) is 4.41. The molecule has 0 heterocycles. The summed E-state index contributed by atoms with van der Waals surface area (Å²) in [6.07, 6.45) is 0. The van der Waals surface area contributed by atoms with Gasteiger partial charge in [-0.05, 0) is 12.1 Å². The topological polar surface area (TPSA) is 94.8 Å². The molecule has 0 saturated heterocycles. The molecular weight excluding hydrogens is 482 g/mol. The molecule has 0 fully saturated rings. The first kappa shape index (κ1) is 22.0. The van der Waals surface area contributed by atoms with Crippen LogP contribution in [0.3, 0.4) is 0 Å². The molecule has 0 spiro atoms. The van der Waals surface area contributed by atoms with E-state index in [4.69, 9.17) is 46.4 Å². The molecule has 1 atom stereocenters. The fourth-order valence-electron chi connectivity index (χ4n) is 3.24. The van der Waals surface area contributed by atoms with Gasteiger partial charge in [0, 0.05) is 27.8 Å². The summed E-state index contributed by atoms with van der Waals surface area (Å²) >= 11 is 25.0. The van der Waals surface area contributed by atoms with Gasteiger partial charge in [0.25, 0.3) is 10.1 Å². The van der Waals surface area contributed by atoms with Crippen LogP contribution in [0.4, 0.5) is 0 Å². The normalized spacial score (nSPS) is 13.8. The van der Waals surface area contributed by atoms with Crippen molar-refractivity contribution in [3.8, 4) is 11.5 Å². The Morgan fingerprint density at radius 1 is 0.724 bits per heavy atom. The summed E-state index contributed by atoms with van der Waals surface area (Å²) in [6, 6.07) is 12.2. The zero-order valence-electron chi connectivity index (χ0n) is 14.3. The lowest BCUT2D eigenvalue weighted by molar-refractivity contribution is 0.440. The van der Waals surface area contributed by atoms with E-state index in [0.717, 1.165) is 6.07 Å². The molecule has 3 N–H and O–H groups in total. The van der Waals surface area contributed by atoms with Crippen molar-refractivity contribution in [2.24, 2.45) is 0 Å². The van der Waals surface area contributed by atoms with E-state index in [9.17, 15) is 23.2 Å². The van der Waals surface area contributed by atoms with E-state index < -0.39 is 31.4 Å². The Hall–Kier alpha value is -1.67. The van der Waals surface area contributed by atoms with Crippen molar-refractivity contribution in [1.82, 2.24) is 0 Å². The van der Waals surface area contributed by atoms with E-state index in [1.54, 1.807) is 6.07 Å². The van der Waals surface area contributed by atoms with E-state index in [2.05, 4.69) is 0 Å². The van der Waals surface area contributed by atoms with Gasteiger partial charge in [-0.25, -0.2) is 0 Å². The largest absolute Gasteiger partial charge is 0.508 e. The highest BCUT2D eigenvalue weighted by atomic mass is 35.5. The Kier molecular flexibility index (Phi) is 5.98. The van der Waals surface area contributed by atoms with E-state index >= 15 is 0 Å². The van der Waals surface area contributed by atoms with Gasteiger partial charge in [0.1, 0.15) is 16.5 Å². The van der Waals surface area contributed by atoms with E-state index in [0.29, 0.717) is 0 Å². The Morgan fingerprint density at radius 3 is 1.83 bits per heavy atom. The zero-order valence-corrected chi connectivity index (χ0v) is 18.1. The first-order chi connectivity index (χ1) is 13.5. The number of para-hydroxylation sites is 1. The van der Waals surface area contributed by atoms with Gasteiger partial charge in [0.2, 0.25) is 0 Å². The predicted octanol–water partition coefficient (Wildman–Crippen LogP) is 5.89. The van der Waals surface area contributed by atoms with Crippen LogP contribution in [0.2, 0.25) is 20.1 Å². The third-order valence-corrected chi connectivity index (χ3v) is 7.32. The molecule has 0 aromatic heterocycles. The summed E-state index contributed by atoms with van der Waals surface area (Å²) in [5.41, 5.74) is -0.766. The SMILES string of the molecule is O=S(=O)(O)C(c1ccccc1O)(c1ccccc1Cl)c1c(Cl)cc(O)c(Cl)c1Cl. The Morgan fingerprint density at radius 2 is 1.28 bits per heavy atom. The molecule has 3 rings (SSSR count). The second-order valence-electron chi connectivity index (χ2n) is 6.03. The highest BCUT2D eigenvalue weighted by Gasteiger charge is 2.53. The van der Waals surface area contributed by atoms with Crippen LogP contribution in [-0.4, -0.2) is 23.2 Å². The maximum atomic E-state index is 13.0. The van der Waals surface area contributed by atoms with Crippen molar-refractivity contribution < 1.29 is 23.2 Å². The Balaban J connectivity index is 2.69. The molecule has 0 radical (unpaired) electrons. The lowest BCUT2D eigenvalue weighted by Gasteiger charge is -2.35. The van der Waals surface area contributed by atoms with Crippen LogP contribution in [0.1, 0.15) is 16.7 Å². The number of halogens is 4. The van der Waals surface area contributed by atoms with Crippen molar-refractivity contribution in [2.45, 2.75) is 4.75 Å². The molecular formula is C19H12Cl4O5S. The number of aromatic hydroxyl groups is 2. The first-order valence-corrected chi connectivity index (χ1v) is 10.9. The summed E-state index contributed by atoms with van der Waals surface area (Å²) in [5, 5.41) is 19.3. The van der Waals surface area contributed by atoms with Crippen molar-refractivity contribution in [3.05, 3.63) is 91.4 Å². The maximum absolute atomic E-state index is 13.0. The van der Waals surface area contributed by atoms with E-state index in [1.165, 1.54) is 42.5 Å². The Labute approximate surface area is 186 Å². The minimum absolute atomic E-state index is 0.0512. The van der Waals surface area contributed by atoms with Crippen LogP contribution in [0.25, 0.3) is 0 Å². The fraction of sp³-hybridized carbons (Fsp3) is 0.0526. The van der Waals surface area contributed by atoms with Crippen molar-refractivity contribution in [3.63, 3.8) is 0 Å². The van der Waals surface area contributed by atoms with E-state index in [1.807, 2.05) is 0 Å². The molecule has 3 aromatic carbocycles. The number of hydrogen-bond donors (Lipinski definition) is 3. The average Bonchev–Trinajstić information content (AvgIpc) is 2.64. The van der Waals surface area contributed by atoms with Gasteiger partial charge in [-0.3, -0.25) is 4.55 Å². The second-order valence-corrected chi connectivity index (χ2v) is 9.17. The summed E-state index contributed by atoms with van der Waals surface area (Å²) in [4.78, 5) is 0. The van der Waals surface area contributed by atoms with E-state index in [-0.39, 0.29) is 31.8 Å². The van der Waals surface area contributed by atoms with Gasteiger partial charge in [0.15, 0.2) is 4.75 Å². The molecule has 152 valence electrons. The van der Waals surface area contributed by atoms with Crippen molar-refractivity contribution >= 4 is 56.5 Å². The molecule has 0 bridgehead atoms. The quantitative estimate of drug-likeness (QED) is 0.239. The number of rotatable bonds is 4. The minimum atomic E-state index is -5.16. The molecule has 10 heteroatoms. The summed E-state index contributed by atoms with van der Waals surface area (Å²) < 4.78 is 34.0. The van der Waals surface area contributed by atoms with Crippen LogP contribution >= 0.6 is 46.4 Å². The number of hydrogen-bond acceptors (Lipinski definition) is 4. The standard InChI is InChI=1S/C19H12Cl4O5S/c20-12-7-3-1-5-10(12)19(29(26,27)28,11-6-2-4-8-14(11)24)16-13(21)9-15(25)17(22)18(16)23/h1-9,24-25H,(H,26,27,28). The van der Waals surface area contributed by atoms with Crippen LogP contribution in [0, 0.1) is 0 Å². The van der Waals surface area contributed by atoms with Gasteiger partial charge >= 0.3 is 0 Å². The Bertz CT molecular complexity index is 1170. The monoisotopic (exact) mass is 492 g/mol. The second kappa shape index (κ2) is 7.87. The number of phenols is 2. The zero-order chi connectivity index (χ0) is 21.6. The van der Waals surface area contributed by atoms with Crippen LogP contribution in [-0.2, 0) is 14.9 Å². The number of benzene rings is 3. The molecule has 0 aliphatic rings. The van der Waals surface area contributed by atoms with Crippen LogP contribution in [0.5, 0.6) is 11.5 Å². The van der Waals surface area contributed by atoms with Crippen LogP contribution in [0.15, 0.2) is 54.6 Å². The molecule has 0 saturated carbocycles.